The van der Waals surface area contributed by atoms with Gasteiger partial charge in [0.05, 0.1) is 0 Å². The number of aryl methyl sites for hydroxylation is 1. The van der Waals surface area contributed by atoms with E-state index < -0.39 is 0 Å². The molecular formula is C20H29ClN6. The van der Waals surface area contributed by atoms with E-state index >= 15 is 0 Å². The second-order valence-corrected chi connectivity index (χ2v) is 8.24. The first-order valence-electron chi connectivity index (χ1n) is 9.64. The molecule has 0 spiro atoms. The number of fused-ring (bicyclic) bond motifs is 1. The Balaban J connectivity index is 1.59. The minimum atomic E-state index is 0.0665. The van der Waals surface area contributed by atoms with Gasteiger partial charge in [0.15, 0.2) is 11.8 Å². The molecule has 1 aromatic carbocycles. The number of halogens is 1. The van der Waals surface area contributed by atoms with Crippen molar-refractivity contribution in [3.8, 4) is 0 Å². The highest BCUT2D eigenvalue weighted by molar-refractivity contribution is 6.30. The zero-order chi connectivity index (χ0) is 19.3. The van der Waals surface area contributed by atoms with Gasteiger partial charge in [-0.15, -0.1) is 10.2 Å². The van der Waals surface area contributed by atoms with Crippen LogP contribution in [0.15, 0.2) is 29.3 Å². The average Bonchev–Trinajstić information content (AvgIpc) is 3.21. The molecule has 1 aliphatic rings. The van der Waals surface area contributed by atoms with E-state index in [-0.39, 0.29) is 5.41 Å². The Morgan fingerprint density at radius 1 is 1.30 bits per heavy atom. The third kappa shape index (κ3) is 5.45. The third-order valence-corrected chi connectivity index (χ3v) is 4.95. The predicted molar refractivity (Wildman–Crippen MR) is 110 cm³/mol. The second-order valence-electron chi connectivity index (χ2n) is 7.81. The molecular weight excluding hydrogens is 360 g/mol. The van der Waals surface area contributed by atoms with Gasteiger partial charge in [-0.3, -0.25) is 0 Å². The Labute approximate surface area is 166 Å². The summed E-state index contributed by atoms with van der Waals surface area (Å²) in [5.41, 5.74) is 1.31. The lowest BCUT2D eigenvalue weighted by Gasteiger charge is -2.26. The summed E-state index contributed by atoms with van der Waals surface area (Å²) in [6.45, 7) is 9.73. The molecule has 0 saturated heterocycles. The van der Waals surface area contributed by atoms with E-state index in [2.05, 4.69) is 52.2 Å². The SMILES string of the molecule is CCNC(=NCc1nnc2n1CCC2)NCC(C)(C)Cc1cccc(Cl)c1. The van der Waals surface area contributed by atoms with Crippen molar-refractivity contribution in [2.24, 2.45) is 10.4 Å². The van der Waals surface area contributed by atoms with E-state index in [9.17, 15) is 0 Å². The molecule has 0 radical (unpaired) electrons. The smallest absolute Gasteiger partial charge is 0.191 e. The Bertz CT molecular complexity index is 796. The van der Waals surface area contributed by atoms with Crippen LogP contribution in [0.2, 0.25) is 5.02 Å². The summed E-state index contributed by atoms with van der Waals surface area (Å²) in [5, 5.41) is 16.1. The van der Waals surface area contributed by atoms with Gasteiger partial charge in [0.25, 0.3) is 0 Å². The molecule has 0 aliphatic carbocycles. The highest BCUT2D eigenvalue weighted by Crippen LogP contribution is 2.22. The van der Waals surface area contributed by atoms with Gasteiger partial charge >= 0.3 is 0 Å². The number of nitrogens with one attached hydrogen (secondary N) is 2. The summed E-state index contributed by atoms with van der Waals surface area (Å²) in [7, 11) is 0. The van der Waals surface area contributed by atoms with Crippen molar-refractivity contribution in [3.63, 3.8) is 0 Å². The van der Waals surface area contributed by atoms with E-state index in [4.69, 9.17) is 16.6 Å². The monoisotopic (exact) mass is 388 g/mol. The molecule has 27 heavy (non-hydrogen) atoms. The molecule has 3 rings (SSSR count). The van der Waals surface area contributed by atoms with E-state index in [1.54, 1.807) is 0 Å². The number of guanidine groups is 1. The Morgan fingerprint density at radius 2 is 2.15 bits per heavy atom. The van der Waals surface area contributed by atoms with E-state index in [1.807, 2.05) is 18.2 Å². The predicted octanol–water partition coefficient (Wildman–Crippen LogP) is 3.20. The lowest BCUT2D eigenvalue weighted by molar-refractivity contribution is 0.359. The zero-order valence-corrected chi connectivity index (χ0v) is 17.2. The van der Waals surface area contributed by atoms with Crippen molar-refractivity contribution in [1.29, 1.82) is 0 Å². The first kappa shape index (κ1) is 19.7. The van der Waals surface area contributed by atoms with Crippen molar-refractivity contribution < 1.29 is 0 Å². The number of benzene rings is 1. The lowest BCUT2D eigenvalue weighted by Crippen LogP contribution is -2.42. The maximum absolute atomic E-state index is 6.12. The van der Waals surface area contributed by atoms with Crippen molar-refractivity contribution in [2.45, 2.75) is 53.1 Å². The van der Waals surface area contributed by atoms with Crippen molar-refractivity contribution in [2.75, 3.05) is 13.1 Å². The number of hydrogen-bond acceptors (Lipinski definition) is 3. The average molecular weight is 389 g/mol. The maximum atomic E-state index is 6.12. The fraction of sp³-hybridized carbons (Fsp3) is 0.550. The van der Waals surface area contributed by atoms with Gasteiger partial charge in [0.1, 0.15) is 12.4 Å². The van der Waals surface area contributed by atoms with Crippen molar-refractivity contribution >= 4 is 17.6 Å². The van der Waals surface area contributed by atoms with Crippen LogP contribution in [-0.2, 0) is 25.9 Å². The number of hydrogen-bond donors (Lipinski definition) is 2. The molecule has 0 bridgehead atoms. The zero-order valence-electron chi connectivity index (χ0n) is 16.4. The van der Waals surface area contributed by atoms with Gasteiger partial charge in [0, 0.05) is 31.1 Å². The summed E-state index contributed by atoms with van der Waals surface area (Å²) in [5.74, 6) is 2.84. The molecule has 0 atom stereocenters. The van der Waals surface area contributed by atoms with Crippen LogP contribution >= 0.6 is 11.6 Å². The molecule has 1 aromatic heterocycles. The summed E-state index contributed by atoms with van der Waals surface area (Å²) >= 11 is 6.12. The van der Waals surface area contributed by atoms with Gasteiger partial charge in [-0.2, -0.15) is 0 Å². The maximum Gasteiger partial charge on any atom is 0.191 e. The van der Waals surface area contributed by atoms with Crippen LogP contribution in [0, 0.1) is 5.41 Å². The molecule has 0 amide bonds. The summed E-state index contributed by atoms with van der Waals surface area (Å²) in [4.78, 5) is 4.71. The molecule has 1 aliphatic heterocycles. The summed E-state index contributed by atoms with van der Waals surface area (Å²) < 4.78 is 2.19. The highest BCUT2D eigenvalue weighted by atomic mass is 35.5. The van der Waals surface area contributed by atoms with E-state index in [0.717, 1.165) is 61.5 Å². The Morgan fingerprint density at radius 3 is 2.93 bits per heavy atom. The quantitative estimate of drug-likeness (QED) is 0.564. The van der Waals surface area contributed by atoms with Gasteiger partial charge in [-0.1, -0.05) is 37.6 Å². The minimum Gasteiger partial charge on any atom is -0.357 e. The van der Waals surface area contributed by atoms with Crippen LogP contribution in [0.25, 0.3) is 0 Å². The van der Waals surface area contributed by atoms with Crippen LogP contribution in [-0.4, -0.2) is 33.8 Å². The van der Waals surface area contributed by atoms with E-state index in [0.29, 0.717) is 6.54 Å². The Hall–Kier alpha value is -2.08. The van der Waals surface area contributed by atoms with Crippen LogP contribution in [0.3, 0.4) is 0 Å². The topological polar surface area (TPSA) is 67.1 Å². The first-order valence-corrected chi connectivity index (χ1v) is 10.0. The standard InChI is InChI=1S/C20H29ClN6/c1-4-22-19(23-13-18-26-25-17-9-6-10-27(17)18)24-14-20(2,3)12-15-7-5-8-16(21)11-15/h5,7-8,11H,4,6,9-10,12-14H2,1-3H3,(H2,22,23,24). The van der Waals surface area contributed by atoms with Crippen LogP contribution in [0.1, 0.15) is 44.4 Å². The van der Waals surface area contributed by atoms with Crippen LogP contribution < -0.4 is 10.6 Å². The fourth-order valence-corrected chi connectivity index (χ4v) is 3.62. The Kier molecular flexibility index (Phi) is 6.37. The number of aromatic nitrogens is 3. The van der Waals surface area contributed by atoms with Crippen molar-refractivity contribution in [1.82, 2.24) is 25.4 Å². The fourth-order valence-electron chi connectivity index (χ4n) is 3.40. The molecule has 2 N–H and O–H groups in total. The molecule has 0 saturated carbocycles. The lowest BCUT2D eigenvalue weighted by atomic mass is 9.86. The minimum absolute atomic E-state index is 0.0665. The van der Waals surface area contributed by atoms with Crippen LogP contribution in [0.4, 0.5) is 0 Å². The van der Waals surface area contributed by atoms with Gasteiger partial charge in [-0.05, 0) is 42.9 Å². The molecule has 2 heterocycles. The molecule has 146 valence electrons. The van der Waals surface area contributed by atoms with Gasteiger partial charge in [0.2, 0.25) is 0 Å². The first-order chi connectivity index (χ1) is 13.0. The number of nitrogens with zero attached hydrogens (tertiary/aromatic N) is 4. The molecule has 2 aromatic rings. The summed E-state index contributed by atoms with van der Waals surface area (Å²) in [6, 6.07) is 8.07. The third-order valence-electron chi connectivity index (χ3n) is 4.72. The van der Waals surface area contributed by atoms with Crippen LogP contribution in [0.5, 0.6) is 0 Å². The van der Waals surface area contributed by atoms with E-state index in [1.165, 1.54) is 5.56 Å². The van der Waals surface area contributed by atoms with Crippen molar-refractivity contribution in [3.05, 3.63) is 46.5 Å². The molecule has 6 nitrogen and oxygen atoms in total. The normalized spacial score (nSPS) is 14.3. The molecule has 7 heteroatoms. The second kappa shape index (κ2) is 8.74. The molecule has 0 unspecified atom stereocenters. The van der Waals surface area contributed by atoms with Gasteiger partial charge in [-0.25, -0.2) is 4.99 Å². The number of rotatable bonds is 7. The summed E-state index contributed by atoms with van der Waals surface area (Å²) in [6.07, 6.45) is 3.11. The molecule has 0 fully saturated rings. The largest absolute Gasteiger partial charge is 0.357 e. The number of aliphatic imine (C=N–C) groups is 1. The highest BCUT2D eigenvalue weighted by Gasteiger charge is 2.20. The van der Waals surface area contributed by atoms with Gasteiger partial charge < -0.3 is 15.2 Å².